The number of rotatable bonds is 7. The number of methoxy groups -OCH3 is 2. The van der Waals surface area contributed by atoms with E-state index in [0.717, 1.165) is 27.6 Å². The fourth-order valence-corrected chi connectivity index (χ4v) is 3.91. The van der Waals surface area contributed by atoms with Gasteiger partial charge in [0.15, 0.2) is 17.1 Å². The summed E-state index contributed by atoms with van der Waals surface area (Å²) in [7, 11) is 6.73. The van der Waals surface area contributed by atoms with Gasteiger partial charge in [0.25, 0.3) is 0 Å². The van der Waals surface area contributed by atoms with Crippen molar-refractivity contribution in [1.29, 1.82) is 0 Å². The van der Waals surface area contributed by atoms with Crippen molar-refractivity contribution < 1.29 is 14.3 Å². The number of urea groups is 1. The molecule has 0 aliphatic rings. The second-order valence-electron chi connectivity index (χ2n) is 8.18. The predicted octanol–water partition coefficient (Wildman–Crippen LogP) is 3.33. The Bertz CT molecular complexity index is 1300. The van der Waals surface area contributed by atoms with Crippen LogP contribution >= 0.6 is 0 Å². The zero-order valence-corrected chi connectivity index (χ0v) is 19.6. The van der Waals surface area contributed by atoms with Gasteiger partial charge >= 0.3 is 6.03 Å². The van der Waals surface area contributed by atoms with Crippen LogP contribution in [0.3, 0.4) is 0 Å². The number of aryl methyl sites for hydroxylation is 1. The highest BCUT2D eigenvalue weighted by molar-refractivity contribution is 5.84. The molecule has 0 atom stereocenters. The van der Waals surface area contributed by atoms with E-state index in [9.17, 15) is 4.79 Å². The van der Waals surface area contributed by atoms with Gasteiger partial charge in [0.1, 0.15) is 0 Å². The Balaban J connectivity index is 1.64. The van der Waals surface area contributed by atoms with Crippen LogP contribution in [0.25, 0.3) is 16.6 Å². The van der Waals surface area contributed by atoms with E-state index in [1.165, 1.54) is 0 Å². The largest absolute Gasteiger partial charge is 0.493 e. The van der Waals surface area contributed by atoms with Crippen LogP contribution in [0.1, 0.15) is 16.7 Å². The van der Waals surface area contributed by atoms with E-state index in [1.807, 2.05) is 25.1 Å². The van der Waals surface area contributed by atoms with Gasteiger partial charge in [-0.3, -0.25) is 0 Å². The number of benzene rings is 2. The number of hydrogen-bond donors (Lipinski definition) is 0. The summed E-state index contributed by atoms with van der Waals surface area (Å²) < 4.78 is 12.5. The molecule has 2 heterocycles. The summed E-state index contributed by atoms with van der Waals surface area (Å²) in [6.07, 6.45) is 0.661. The number of hydrogen-bond acceptors (Lipinski definition) is 6. The zero-order valence-electron chi connectivity index (χ0n) is 19.6. The van der Waals surface area contributed by atoms with E-state index >= 15 is 0 Å². The molecule has 172 valence electrons. The number of tetrazole rings is 1. The van der Waals surface area contributed by atoms with Gasteiger partial charge in [0.2, 0.25) is 0 Å². The summed E-state index contributed by atoms with van der Waals surface area (Å²) in [5.74, 6) is 1.34. The zero-order chi connectivity index (χ0) is 23.5. The van der Waals surface area contributed by atoms with Crippen LogP contribution in [0.4, 0.5) is 4.79 Å². The van der Waals surface area contributed by atoms with Gasteiger partial charge < -0.3 is 19.3 Å². The third kappa shape index (κ3) is 4.52. The van der Waals surface area contributed by atoms with Crippen molar-refractivity contribution >= 4 is 22.6 Å². The molecule has 0 radical (unpaired) electrons. The molecule has 0 N–H and O–H groups in total. The number of ether oxygens (including phenoxy) is 2. The first-order valence-corrected chi connectivity index (χ1v) is 10.7. The molecule has 0 saturated carbocycles. The van der Waals surface area contributed by atoms with E-state index in [-0.39, 0.29) is 6.03 Å². The van der Waals surface area contributed by atoms with Crippen LogP contribution in [-0.2, 0) is 13.0 Å². The molecule has 0 fully saturated rings. The average Bonchev–Trinajstić information content (AvgIpc) is 3.32. The van der Waals surface area contributed by atoms with E-state index in [4.69, 9.17) is 9.47 Å². The van der Waals surface area contributed by atoms with Gasteiger partial charge in [-0.15, -0.1) is 5.10 Å². The highest BCUT2D eigenvalue weighted by atomic mass is 16.5. The molecule has 9 nitrogen and oxygen atoms in total. The molecular formula is C24H28N6O3. The van der Waals surface area contributed by atoms with Crippen LogP contribution in [-0.4, -0.2) is 70.7 Å². The summed E-state index contributed by atoms with van der Waals surface area (Å²) in [6, 6.07) is 14.0. The van der Waals surface area contributed by atoms with Crippen LogP contribution in [0.15, 0.2) is 42.5 Å². The lowest BCUT2D eigenvalue weighted by molar-refractivity contribution is 0.169. The Morgan fingerprint density at radius 1 is 1.03 bits per heavy atom. The molecule has 0 bridgehead atoms. The number of aromatic nitrogens is 4. The van der Waals surface area contributed by atoms with E-state index in [0.29, 0.717) is 36.7 Å². The van der Waals surface area contributed by atoms with Gasteiger partial charge in [-0.2, -0.15) is 4.52 Å². The number of pyridine rings is 1. The van der Waals surface area contributed by atoms with Crippen molar-refractivity contribution in [1.82, 2.24) is 29.8 Å². The Morgan fingerprint density at radius 3 is 2.55 bits per heavy atom. The maximum absolute atomic E-state index is 13.0. The highest BCUT2D eigenvalue weighted by Gasteiger charge is 2.20. The molecule has 4 aromatic rings. The smallest absolute Gasteiger partial charge is 0.319 e. The lowest BCUT2D eigenvalue weighted by Gasteiger charge is -2.26. The van der Waals surface area contributed by atoms with Crippen LogP contribution in [0.5, 0.6) is 11.5 Å². The first-order valence-electron chi connectivity index (χ1n) is 10.7. The van der Waals surface area contributed by atoms with Crippen molar-refractivity contribution in [2.24, 2.45) is 0 Å². The highest BCUT2D eigenvalue weighted by Crippen LogP contribution is 2.28. The minimum atomic E-state index is -0.0786. The molecule has 33 heavy (non-hydrogen) atoms. The molecule has 0 unspecified atom stereocenters. The average molecular weight is 449 g/mol. The van der Waals surface area contributed by atoms with Gasteiger partial charge in [-0.1, -0.05) is 18.2 Å². The molecule has 0 spiro atoms. The minimum absolute atomic E-state index is 0.0786. The monoisotopic (exact) mass is 448 g/mol. The van der Waals surface area contributed by atoms with Crippen molar-refractivity contribution in [3.8, 4) is 11.5 Å². The maximum Gasteiger partial charge on any atom is 0.319 e. The number of carbonyl (C=O) groups excluding carboxylic acids is 1. The maximum atomic E-state index is 13.0. The van der Waals surface area contributed by atoms with Crippen molar-refractivity contribution in [3.05, 3.63) is 59.2 Å². The normalized spacial score (nSPS) is 11.1. The number of amides is 2. The van der Waals surface area contributed by atoms with Gasteiger partial charge in [0.05, 0.1) is 26.3 Å². The van der Waals surface area contributed by atoms with Gasteiger partial charge in [-0.25, -0.2) is 4.79 Å². The van der Waals surface area contributed by atoms with Crippen LogP contribution < -0.4 is 9.47 Å². The Hall–Kier alpha value is -3.88. The molecule has 4 rings (SSSR count). The van der Waals surface area contributed by atoms with E-state index < -0.39 is 0 Å². The molecule has 9 heteroatoms. The van der Waals surface area contributed by atoms with Crippen molar-refractivity contribution in [2.75, 3.05) is 34.9 Å². The topological polar surface area (TPSA) is 85.1 Å². The van der Waals surface area contributed by atoms with Crippen molar-refractivity contribution in [2.45, 2.75) is 19.9 Å². The third-order valence-corrected chi connectivity index (χ3v) is 5.63. The predicted molar refractivity (Wildman–Crippen MR) is 126 cm³/mol. The van der Waals surface area contributed by atoms with Crippen molar-refractivity contribution in [3.63, 3.8) is 0 Å². The van der Waals surface area contributed by atoms with Crippen LogP contribution in [0, 0.1) is 6.92 Å². The summed E-state index contributed by atoms with van der Waals surface area (Å²) in [6.45, 7) is 2.94. The number of fused-ring (bicyclic) bond motifs is 3. The fourth-order valence-electron chi connectivity index (χ4n) is 3.91. The molecule has 2 aromatic carbocycles. The minimum Gasteiger partial charge on any atom is -0.493 e. The summed E-state index contributed by atoms with van der Waals surface area (Å²) >= 11 is 0. The quantitative estimate of drug-likeness (QED) is 0.431. The Morgan fingerprint density at radius 2 is 1.82 bits per heavy atom. The molecular weight excluding hydrogens is 420 g/mol. The molecule has 0 saturated heterocycles. The van der Waals surface area contributed by atoms with E-state index in [1.54, 1.807) is 42.6 Å². The summed E-state index contributed by atoms with van der Waals surface area (Å²) in [5, 5.41) is 13.3. The standard InChI is InChI=1S/C24H28N6O3/c1-16-6-8-18-14-19(23-25-26-27-30(23)20(18)12-16)15-29(24(31)28(2)3)11-10-17-7-9-21(32-4)22(13-17)33-5/h6-9,12-14H,10-11,15H2,1-5H3. The number of carbonyl (C=O) groups is 1. The van der Waals surface area contributed by atoms with Gasteiger partial charge in [-0.05, 0) is 59.2 Å². The second kappa shape index (κ2) is 9.32. The molecule has 0 aliphatic heterocycles. The second-order valence-corrected chi connectivity index (χ2v) is 8.18. The Labute approximate surface area is 192 Å². The fraction of sp³-hybridized carbons (Fsp3) is 0.333. The van der Waals surface area contributed by atoms with E-state index in [2.05, 4.69) is 39.8 Å². The summed E-state index contributed by atoms with van der Waals surface area (Å²) in [5.41, 5.74) is 4.66. The lowest BCUT2D eigenvalue weighted by Crippen LogP contribution is -2.40. The third-order valence-electron chi connectivity index (χ3n) is 5.63. The van der Waals surface area contributed by atoms with Crippen LogP contribution in [0.2, 0.25) is 0 Å². The van der Waals surface area contributed by atoms with Gasteiger partial charge in [0, 0.05) is 31.6 Å². The number of nitrogens with zero attached hydrogens (tertiary/aromatic N) is 6. The molecule has 2 aromatic heterocycles. The first-order chi connectivity index (χ1) is 15.9. The Kier molecular flexibility index (Phi) is 6.30. The summed E-state index contributed by atoms with van der Waals surface area (Å²) in [4.78, 5) is 16.4. The first kappa shape index (κ1) is 22.3. The SMILES string of the molecule is COc1ccc(CCN(Cc2cc3ccc(C)cc3n3nnnc23)C(=O)N(C)C)cc1OC. The lowest BCUT2D eigenvalue weighted by atomic mass is 10.1. The molecule has 2 amide bonds. The molecule has 0 aliphatic carbocycles.